The largest absolute Gasteiger partial charge is 0.293 e. The summed E-state index contributed by atoms with van der Waals surface area (Å²) >= 11 is 4.90. The number of ketones is 1. The molecule has 0 radical (unpaired) electrons. The first kappa shape index (κ1) is 12.5. The van der Waals surface area contributed by atoms with Gasteiger partial charge in [0, 0.05) is 10.9 Å². The molecule has 0 atom stereocenters. The third kappa shape index (κ3) is 2.67. The Bertz CT molecular complexity index is 537. The van der Waals surface area contributed by atoms with Crippen LogP contribution < -0.4 is 0 Å². The van der Waals surface area contributed by atoms with Gasteiger partial charge < -0.3 is 0 Å². The summed E-state index contributed by atoms with van der Waals surface area (Å²) in [5, 5.41) is 1.93. The van der Waals surface area contributed by atoms with Gasteiger partial charge >= 0.3 is 0 Å². The lowest BCUT2D eigenvalue weighted by molar-refractivity contribution is 0.0996. The van der Waals surface area contributed by atoms with E-state index < -0.39 is 0 Å². The summed E-state index contributed by atoms with van der Waals surface area (Å²) in [7, 11) is 0. The predicted octanol–water partition coefficient (Wildman–Crippen LogP) is 4.55. The van der Waals surface area contributed by atoms with E-state index in [1.54, 1.807) is 0 Å². The summed E-state index contributed by atoms with van der Waals surface area (Å²) in [6, 6.07) is 8.06. The summed E-state index contributed by atoms with van der Waals surface area (Å²) in [5.74, 6) is 0.185. The van der Waals surface area contributed by atoms with Crippen LogP contribution in [0.3, 0.4) is 0 Å². The molecule has 0 fully saturated rings. The van der Waals surface area contributed by atoms with Crippen LogP contribution in [-0.2, 0) is 6.42 Å². The number of Topliss-reactive ketones (excluding diaryl/α,β-unsaturated/α-hetero) is 1. The van der Waals surface area contributed by atoms with Gasteiger partial charge in [-0.2, -0.15) is 0 Å². The van der Waals surface area contributed by atoms with Gasteiger partial charge in [0.2, 0.25) is 0 Å². The zero-order chi connectivity index (χ0) is 12.4. The van der Waals surface area contributed by atoms with E-state index in [4.69, 9.17) is 0 Å². The predicted molar refractivity (Wildman–Crippen MR) is 76.0 cm³/mol. The third-order valence-corrected chi connectivity index (χ3v) is 4.73. The first-order chi connectivity index (χ1) is 8.09. The number of aryl methyl sites for hydroxylation is 2. The van der Waals surface area contributed by atoms with Crippen molar-refractivity contribution in [2.75, 3.05) is 0 Å². The minimum atomic E-state index is 0.185. The van der Waals surface area contributed by atoms with Crippen molar-refractivity contribution in [2.45, 2.75) is 20.3 Å². The second kappa shape index (κ2) is 5.15. The number of hydrogen-bond acceptors (Lipinski definition) is 2. The highest BCUT2D eigenvalue weighted by molar-refractivity contribution is 9.10. The van der Waals surface area contributed by atoms with E-state index >= 15 is 0 Å². The molecule has 17 heavy (non-hydrogen) atoms. The van der Waals surface area contributed by atoms with Gasteiger partial charge in [-0.3, -0.25) is 4.79 Å². The molecule has 88 valence electrons. The molecule has 0 N–H and O–H groups in total. The molecule has 2 rings (SSSR count). The maximum Gasteiger partial charge on any atom is 0.178 e. The van der Waals surface area contributed by atoms with Crippen molar-refractivity contribution in [3.8, 4) is 0 Å². The molecule has 0 spiro atoms. The third-order valence-electron chi connectivity index (χ3n) is 2.85. The summed E-state index contributed by atoms with van der Waals surface area (Å²) < 4.78 is 0.902. The van der Waals surface area contributed by atoms with Crippen LogP contribution in [0.1, 0.15) is 26.4 Å². The molecule has 1 heterocycles. The highest BCUT2D eigenvalue weighted by Crippen LogP contribution is 2.25. The van der Waals surface area contributed by atoms with E-state index in [0.717, 1.165) is 14.9 Å². The fourth-order valence-electron chi connectivity index (χ4n) is 1.86. The van der Waals surface area contributed by atoms with Gasteiger partial charge in [0.1, 0.15) is 0 Å². The molecule has 0 amide bonds. The minimum absolute atomic E-state index is 0.185. The summed E-state index contributed by atoms with van der Waals surface area (Å²) in [6.07, 6.45) is 0.484. The molecular formula is C14H13BrOS. The van der Waals surface area contributed by atoms with Gasteiger partial charge in [-0.25, -0.2) is 0 Å². The maximum atomic E-state index is 12.2. The van der Waals surface area contributed by atoms with Crippen molar-refractivity contribution in [3.05, 3.63) is 55.7 Å². The van der Waals surface area contributed by atoms with E-state index in [1.807, 2.05) is 17.5 Å². The monoisotopic (exact) mass is 308 g/mol. The van der Waals surface area contributed by atoms with E-state index in [2.05, 4.69) is 41.9 Å². The van der Waals surface area contributed by atoms with Gasteiger partial charge in [0.05, 0.1) is 4.88 Å². The average molecular weight is 309 g/mol. The Morgan fingerprint density at radius 3 is 2.41 bits per heavy atom. The molecular weight excluding hydrogens is 296 g/mol. The minimum Gasteiger partial charge on any atom is -0.293 e. The molecule has 0 aliphatic carbocycles. The summed E-state index contributed by atoms with van der Waals surface area (Å²) in [5.41, 5.74) is 3.52. The Hall–Kier alpha value is -0.930. The van der Waals surface area contributed by atoms with Crippen LogP contribution in [0.5, 0.6) is 0 Å². The van der Waals surface area contributed by atoms with Gasteiger partial charge in [-0.05, 0) is 57.9 Å². The Balaban J connectivity index is 2.28. The maximum absolute atomic E-state index is 12.2. The Morgan fingerprint density at radius 1 is 1.24 bits per heavy atom. The average Bonchev–Trinajstić information content (AvgIpc) is 2.70. The lowest BCUT2D eigenvalue weighted by Gasteiger charge is -2.08. The summed E-state index contributed by atoms with van der Waals surface area (Å²) in [4.78, 5) is 13.0. The lowest BCUT2D eigenvalue weighted by atomic mass is 9.98. The van der Waals surface area contributed by atoms with Crippen molar-refractivity contribution in [3.63, 3.8) is 0 Å². The molecule has 1 nitrogen and oxygen atoms in total. The van der Waals surface area contributed by atoms with Crippen LogP contribution in [-0.4, -0.2) is 5.78 Å². The smallest absolute Gasteiger partial charge is 0.178 e. The topological polar surface area (TPSA) is 17.1 Å². The normalized spacial score (nSPS) is 10.5. The molecule has 0 saturated heterocycles. The van der Waals surface area contributed by atoms with Crippen LogP contribution >= 0.6 is 27.3 Å². The second-order valence-corrected chi connectivity index (χ2v) is 5.84. The highest BCUT2D eigenvalue weighted by Gasteiger charge is 2.14. The zero-order valence-electron chi connectivity index (χ0n) is 9.79. The zero-order valence-corrected chi connectivity index (χ0v) is 12.2. The molecule has 1 aromatic carbocycles. The summed E-state index contributed by atoms with van der Waals surface area (Å²) in [6.45, 7) is 4.11. The fourth-order valence-corrected chi connectivity index (χ4v) is 3.39. The number of hydrogen-bond donors (Lipinski definition) is 0. The molecule has 1 aromatic heterocycles. The fraction of sp³-hybridized carbons (Fsp3) is 0.214. The van der Waals surface area contributed by atoms with Crippen LogP contribution in [0.15, 0.2) is 34.1 Å². The lowest BCUT2D eigenvalue weighted by Crippen LogP contribution is -2.05. The number of rotatable bonds is 3. The van der Waals surface area contributed by atoms with E-state index in [0.29, 0.717) is 6.42 Å². The molecule has 3 heteroatoms. The number of halogens is 1. The number of carbonyl (C=O) groups excluding carboxylic acids is 1. The first-order valence-corrected chi connectivity index (χ1v) is 7.08. The second-order valence-electron chi connectivity index (χ2n) is 4.07. The molecule has 2 aromatic rings. The van der Waals surface area contributed by atoms with Gasteiger partial charge in [0.15, 0.2) is 5.78 Å². The Kier molecular flexibility index (Phi) is 3.79. The van der Waals surface area contributed by atoms with E-state index in [-0.39, 0.29) is 5.78 Å². The number of carbonyl (C=O) groups is 1. The van der Waals surface area contributed by atoms with Crippen LogP contribution in [0.4, 0.5) is 0 Å². The first-order valence-electron chi connectivity index (χ1n) is 5.41. The van der Waals surface area contributed by atoms with Gasteiger partial charge in [0.25, 0.3) is 0 Å². The van der Waals surface area contributed by atoms with Crippen molar-refractivity contribution in [1.82, 2.24) is 0 Å². The molecule has 0 bridgehead atoms. The Morgan fingerprint density at radius 2 is 1.88 bits per heavy atom. The quantitative estimate of drug-likeness (QED) is 0.760. The van der Waals surface area contributed by atoms with Crippen molar-refractivity contribution in [1.29, 1.82) is 0 Å². The number of thiophene rings is 1. The van der Waals surface area contributed by atoms with Crippen LogP contribution in [0, 0.1) is 13.8 Å². The number of benzene rings is 1. The van der Waals surface area contributed by atoms with E-state index in [9.17, 15) is 4.79 Å². The van der Waals surface area contributed by atoms with Crippen molar-refractivity contribution >= 4 is 33.0 Å². The molecule has 0 unspecified atom stereocenters. The molecule has 0 aliphatic heterocycles. The van der Waals surface area contributed by atoms with Crippen LogP contribution in [0.2, 0.25) is 0 Å². The molecule has 0 saturated carbocycles. The van der Waals surface area contributed by atoms with Gasteiger partial charge in [-0.1, -0.05) is 18.2 Å². The van der Waals surface area contributed by atoms with Crippen molar-refractivity contribution < 1.29 is 4.79 Å². The van der Waals surface area contributed by atoms with Crippen molar-refractivity contribution in [2.24, 2.45) is 0 Å². The van der Waals surface area contributed by atoms with Crippen LogP contribution in [0.25, 0.3) is 0 Å². The molecule has 0 aliphatic rings. The highest BCUT2D eigenvalue weighted by atomic mass is 79.9. The van der Waals surface area contributed by atoms with Gasteiger partial charge in [-0.15, -0.1) is 11.3 Å². The van der Waals surface area contributed by atoms with E-state index in [1.165, 1.54) is 22.5 Å². The standard InChI is InChI=1S/C14H13BrOS/c1-9-4-3-5-10(2)11(9)8-13(16)14-12(15)6-7-17-14/h3-7H,8H2,1-2H3. The Labute approximate surface area is 114 Å². The SMILES string of the molecule is Cc1cccc(C)c1CC(=O)c1sccc1Br.